The van der Waals surface area contributed by atoms with E-state index in [1.54, 1.807) is 36.7 Å². The zero-order valence-corrected chi connectivity index (χ0v) is 12.6. The summed E-state index contributed by atoms with van der Waals surface area (Å²) < 4.78 is 38.6. The van der Waals surface area contributed by atoms with Crippen LogP contribution in [0.4, 0.5) is 4.39 Å². The monoisotopic (exact) mass is 308 g/mol. The van der Waals surface area contributed by atoms with Crippen LogP contribution in [-0.4, -0.2) is 30.5 Å². The van der Waals surface area contributed by atoms with Gasteiger partial charge in [-0.15, -0.1) is 0 Å². The highest BCUT2D eigenvalue weighted by molar-refractivity contribution is 7.88. The van der Waals surface area contributed by atoms with Crippen molar-refractivity contribution in [3.8, 4) is 0 Å². The summed E-state index contributed by atoms with van der Waals surface area (Å²) in [5, 5.41) is 0. The maximum absolute atomic E-state index is 13.6. The lowest BCUT2D eigenvalue weighted by atomic mass is 10.1. The molecule has 2 aromatic rings. The van der Waals surface area contributed by atoms with Crippen molar-refractivity contribution < 1.29 is 12.8 Å². The van der Waals surface area contributed by atoms with Gasteiger partial charge in [-0.05, 0) is 29.7 Å². The molecule has 0 radical (unpaired) electrons. The zero-order chi connectivity index (χ0) is 15.3. The summed E-state index contributed by atoms with van der Waals surface area (Å²) in [7, 11) is -3.36. The van der Waals surface area contributed by atoms with Crippen LogP contribution < -0.4 is 0 Å². The average molecular weight is 308 g/mol. The molecule has 0 aliphatic rings. The van der Waals surface area contributed by atoms with Crippen molar-refractivity contribution in [2.45, 2.75) is 13.0 Å². The van der Waals surface area contributed by atoms with Crippen LogP contribution in [-0.2, 0) is 23.0 Å². The summed E-state index contributed by atoms with van der Waals surface area (Å²) >= 11 is 0. The van der Waals surface area contributed by atoms with Crippen molar-refractivity contribution in [3.05, 3.63) is 65.7 Å². The van der Waals surface area contributed by atoms with Gasteiger partial charge in [0.2, 0.25) is 10.0 Å². The molecule has 0 aliphatic heterocycles. The van der Waals surface area contributed by atoms with Crippen LogP contribution in [0.2, 0.25) is 0 Å². The minimum absolute atomic E-state index is 0.231. The lowest BCUT2D eigenvalue weighted by molar-refractivity contribution is 0.410. The van der Waals surface area contributed by atoms with Gasteiger partial charge in [0.15, 0.2) is 0 Å². The van der Waals surface area contributed by atoms with E-state index in [1.807, 2.05) is 6.07 Å². The predicted octanol–water partition coefficient (Wildman–Crippen LogP) is 2.22. The van der Waals surface area contributed by atoms with E-state index >= 15 is 0 Å². The SMILES string of the molecule is CS(=O)(=O)N(CCc1ccccc1F)Cc1cccnc1. The number of benzene rings is 1. The number of pyridine rings is 1. The van der Waals surface area contributed by atoms with Crippen molar-refractivity contribution in [3.63, 3.8) is 0 Å². The number of nitrogens with zero attached hydrogens (tertiary/aromatic N) is 2. The molecule has 0 spiro atoms. The molecule has 112 valence electrons. The van der Waals surface area contributed by atoms with Crippen LogP contribution in [0.3, 0.4) is 0 Å². The first-order valence-electron chi connectivity index (χ1n) is 6.54. The van der Waals surface area contributed by atoms with Gasteiger partial charge in [0, 0.05) is 25.5 Å². The molecular weight excluding hydrogens is 291 g/mol. The van der Waals surface area contributed by atoms with Crippen LogP contribution in [0.25, 0.3) is 0 Å². The summed E-state index contributed by atoms with van der Waals surface area (Å²) in [5.74, 6) is -0.313. The van der Waals surface area contributed by atoms with E-state index in [4.69, 9.17) is 0 Å². The Balaban J connectivity index is 2.10. The Hall–Kier alpha value is -1.79. The summed E-state index contributed by atoms with van der Waals surface area (Å²) in [6.07, 6.45) is 4.75. The largest absolute Gasteiger partial charge is 0.264 e. The Labute approximate surface area is 124 Å². The summed E-state index contributed by atoms with van der Waals surface area (Å²) in [6.45, 7) is 0.468. The number of sulfonamides is 1. The molecule has 0 saturated carbocycles. The Bertz CT molecular complexity index is 690. The smallest absolute Gasteiger partial charge is 0.211 e. The molecule has 1 aromatic carbocycles. The topological polar surface area (TPSA) is 50.3 Å². The molecule has 6 heteroatoms. The fourth-order valence-electron chi connectivity index (χ4n) is 2.00. The zero-order valence-electron chi connectivity index (χ0n) is 11.7. The first-order chi connectivity index (χ1) is 9.97. The molecule has 0 amide bonds. The average Bonchev–Trinajstić information content (AvgIpc) is 2.45. The van der Waals surface area contributed by atoms with Gasteiger partial charge >= 0.3 is 0 Å². The molecule has 0 atom stereocenters. The van der Waals surface area contributed by atoms with Crippen molar-refractivity contribution >= 4 is 10.0 Å². The fraction of sp³-hybridized carbons (Fsp3) is 0.267. The van der Waals surface area contributed by atoms with E-state index < -0.39 is 10.0 Å². The molecular formula is C15H17FN2O2S. The van der Waals surface area contributed by atoms with Crippen molar-refractivity contribution in [1.82, 2.24) is 9.29 Å². The highest BCUT2D eigenvalue weighted by atomic mass is 32.2. The summed E-state index contributed by atoms with van der Waals surface area (Å²) in [6, 6.07) is 9.97. The van der Waals surface area contributed by atoms with Gasteiger partial charge in [0.25, 0.3) is 0 Å². The number of rotatable bonds is 6. The third-order valence-electron chi connectivity index (χ3n) is 3.14. The van der Waals surface area contributed by atoms with Crippen molar-refractivity contribution in [2.24, 2.45) is 0 Å². The van der Waals surface area contributed by atoms with Crippen LogP contribution in [0.5, 0.6) is 0 Å². The van der Waals surface area contributed by atoms with Gasteiger partial charge in [0.1, 0.15) is 5.82 Å². The first kappa shape index (κ1) is 15.6. The minimum Gasteiger partial charge on any atom is -0.264 e. The van der Waals surface area contributed by atoms with Crippen molar-refractivity contribution in [2.75, 3.05) is 12.8 Å². The van der Waals surface area contributed by atoms with Crippen LogP contribution in [0, 0.1) is 5.82 Å². The highest BCUT2D eigenvalue weighted by Gasteiger charge is 2.17. The normalized spacial score (nSPS) is 11.8. The maximum Gasteiger partial charge on any atom is 0.211 e. The molecule has 1 heterocycles. The molecule has 0 fully saturated rings. The molecule has 0 saturated heterocycles. The Morgan fingerprint density at radius 1 is 1.19 bits per heavy atom. The standard InChI is InChI=1S/C15H17FN2O2S/c1-21(19,20)18(12-13-5-4-9-17-11-13)10-8-14-6-2-3-7-15(14)16/h2-7,9,11H,8,10,12H2,1H3. The van der Waals surface area contributed by atoms with Crippen molar-refractivity contribution in [1.29, 1.82) is 0 Å². The van der Waals surface area contributed by atoms with E-state index in [0.717, 1.165) is 11.8 Å². The second-order valence-electron chi connectivity index (χ2n) is 4.80. The lowest BCUT2D eigenvalue weighted by Gasteiger charge is -2.20. The van der Waals surface area contributed by atoms with Crippen LogP contribution in [0.15, 0.2) is 48.8 Å². The van der Waals surface area contributed by atoms with Gasteiger partial charge in [-0.3, -0.25) is 4.98 Å². The number of hydrogen-bond donors (Lipinski definition) is 0. The molecule has 21 heavy (non-hydrogen) atoms. The second kappa shape index (κ2) is 6.78. The van der Waals surface area contributed by atoms with E-state index in [9.17, 15) is 12.8 Å². The first-order valence-corrected chi connectivity index (χ1v) is 8.39. The molecule has 1 aromatic heterocycles. The highest BCUT2D eigenvalue weighted by Crippen LogP contribution is 2.12. The summed E-state index contributed by atoms with van der Waals surface area (Å²) in [4.78, 5) is 3.97. The Morgan fingerprint density at radius 3 is 2.57 bits per heavy atom. The molecule has 4 nitrogen and oxygen atoms in total. The van der Waals surface area contributed by atoms with Gasteiger partial charge in [-0.2, -0.15) is 4.31 Å². The quantitative estimate of drug-likeness (QED) is 0.822. The third-order valence-corrected chi connectivity index (χ3v) is 4.39. The van der Waals surface area contributed by atoms with E-state index in [-0.39, 0.29) is 18.9 Å². The van der Waals surface area contributed by atoms with Gasteiger partial charge in [-0.25, -0.2) is 12.8 Å². The third kappa shape index (κ3) is 4.61. The van der Waals surface area contributed by atoms with Gasteiger partial charge in [-0.1, -0.05) is 24.3 Å². The van der Waals surface area contributed by atoms with E-state index in [1.165, 1.54) is 10.4 Å². The lowest BCUT2D eigenvalue weighted by Crippen LogP contribution is -2.31. The molecule has 0 bridgehead atoms. The van der Waals surface area contributed by atoms with Gasteiger partial charge in [0.05, 0.1) is 6.26 Å². The number of aromatic nitrogens is 1. The Morgan fingerprint density at radius 2 is 1.95 bits per heavy atom. The minimum atomic E-state index is -3.36. The number of hydrogen-bond acceptors (Lipinski definition) is 3. The van der Waals surface area contributed by atoms with Crippen LogP contribution in [0.1, 0.15) is 11.1 Å². The molecule has 0 unspecified atom stereocenters. The summed E-state index contributed by atoms with van der Waals surface area (Å²) in [5.41, 5.74) is 1.31. The molecule has 0 N–H and O–H groups in total. The molecule has 0 aliphatic carbocycles. The fourth-order valence-corrected chi connectivity index (χ4v) is 2.81. The molecule has 2 rings (SSSR count). The number of halogens is 1. The Kier molecular flexibility index (Phi) is 5.03. The van der Waals surface area contributed by atoms with Crippen LogP contribution >= 0.6 is 0 Å². The van der Waals surface area contributed by atoms with E-state index in [2.05, 4.69) is 4.98 Å². The predicted molar refractivity (Wildman–Crippen MR) is 79.6 cm³/mol. The van der Waals surface area contributed by atoms with Gasteiger partial charge < -0.3 is 0 Å². The van der Waals surface area contributed by atoms with E-state index in [0.29, 0.717) is 12.0 Å². The second-order valence-corrected chi connectivity index (χ2v) is 6.78. The maximum atomic E-state index is 13.6.